The third-order valence-electron chi connectivity index (χ3n) is 4.85. The van der Waals surface area contributed by atoms with Crippen molar-refractivity contribution in [2.75, 3.05) is 0 Å². The van der Waals surface area contributed by atoms with Crippen molar-refractivity contribution in [1.82, 2.24) is 4.57 Å². The summed E-state index contributed by atoms with van der Waals surface area (Å²) in [6.45, 7) is 0.211. The number of ketones is 1. The number of Topliss-reactive ketones (excluding diaryl/α,β-unsaturated/α-hetero) is 1. The van der Waals surface area contributed by atoms with Gasteiger partial charge in [0.25, 0.3) is 5.91 Å². The number of aromatic nitrogens is 1. The molecule has 1 aliphatic rings. The van der Waals surface area contributed by atoms with Gasteiger partial charge in [0.15, 0.2) is 10.6 Å². The second-order valence-electron chi connectivity index (χ2n) is 6.76. The number of rotatable bonds is 4. The molecule has 0 saturated heterocycles. The summed E-state index contributed by atoms with van der Waals surface area (Å²) in [5.41, 5.74) is 2.37. The maximum atomic E-state index is 12.8. The van der Waals surface area contributed by atoms with E-state index in [0.29, 0.717) is 15.9 Å². The number of halogens is 1. The lowest BCUT2D eigenvalue weighted by Gasteiger charge is -2.14. The first-order valence-corrected chi connectivity index (χ1v) is 10.9. The molecule has 0 fully saturated rings. The van der Waals surface area contributed by atoms with Crippen LogP contribution in [0.3, 0.4) is 0 Å². The zero-order valence-corrected chi connectivity index (χ0v) is 17.6. The number of benzene rings is 2. The SMILES string of the molecule is O=C(Cn1c2c(sc1=NC(=O)c1ccc(Br)cc1)CCCC2)c1ccccc1. The third-order valence-corrected chi connectivity index (χ3v) is 6.56. The van der Waals surface area contributed by atoms with E-state index >= 15 is 0 Å². The average Bonchev–Trinajstić information content (AvgIpc) is 3.06. The molecule has 142 valence electrons. The van der Waals surface area contributed by atoms with E-state index in [2.05, 4.69) is 20.9 Å². The number of carbonyl (C=O) groups is 2. The minimum Gasteiger partial charge on any atom is -0.313 e. The van der Waals surface area contributed by atoms with Crippen LogP contribution in [0.1, 0.15) is 44.1 Å². The Bertz CT molecular complexity index is 1080. The second-order valence-corrected chi connectivity index (χ2v) is 8.74. The molecule has 1 amide bonds. The van der Waals surface area contributed by atoms with Gasteiger partial charge in [-0.25, -0.2) is 0 Å². The Morgan fingerprint density at radius 3 is 2.43 bits per heavy atom. The van der Waals surface area contributed by atoms with Gasteiger partial charge in [0.1, 0.15) is 0 Å². The van der Waals surface area contributed by atoms with E-state index in [1.54, 1.807) is 12.1 Å². The lowest BCUT2D eigenvalue weighted by molar-refractivity contribution is 0.0961. The number of hydrogen-bond acceptors (Lipinski definition) is 3. The molecule has 0 N–H and O–H groups in total. The zero-order valence-electron chi connectivity index (χ0n) is 15.2. The van der Waals surface area contributed by atoms with Crippen molar-refractivity contribution < 1.29 is 9.59 Å². The second kappa shape index (κ2) is 8.37. The molecule has 1 aliphatic carbocycles. The van der Waals surface area contributed by atoms with Gasteiger partial charge in [-0.3, -0.25) is 9.59 Å². The molecule has 0 bridgehead atoms. The number of thiazole rings is 1. The molecule has 0 aliphatic heterocycles. The number of hydrogen-bond donors (Lipinski definition) is 0. The standard InChI is InChI=1S/C22H19BrN2O2S/c23-17-12-10-16(11-13-17)21(27)24-22-25(18-8-4-5-9-20(18)28-22)14-19(26)15-6-2-1-3-7-15/h1-3,6-7,10-13H,4-5,8-9,14H2. The van der Waals surface area contributed by atoms with E-state index in [0.717, 1.165) is 35.8 Å². The predicted octanol–water partition coefficient (Wildman–Crippen LogP) is 4.81. The molecule has 0 atom stereocenters. The Labute approximate surface area is 175 Å². The van der Waals surface area contributed by atoms with Crippen LogP contribution in [0.2, 0.25) is 0 Å². The minimum atomic E-state index is -0.285. The fraction of sp³-hybridized carbons (Fsp3) is 0.227. The molecule has 0 saturated carbocycles. The van der Waals surface area contributed by atoms with Crippen LogP contribution in [-0.4, -0.2) is 16.3 Å². The van der Waals surface area contributed by atoms with Crippen LogP contribution >= 0.6 is 27.3 Å². The molecule has 2 aromatic carbocycles. The third kappa shape index (κ3) is 4.08. The quantitative estimate of drug-likeness (QED) is 0.530. The Morgan fingerprint density at radius 1 is 0.964 bits per heavy atom. The average molecular weight is 455 g/mol. The van der Waals surface area contributed by atoms with Crippen LogP contribution in [0.5, 0.6) is 0 Å². The van der Waals surface area contributed by atoms with Gasteiger partial charge in [0.05, 0.1) is 6.54 Å². The first-order valence-electron chi connectivity index (χ1n) is 9.26. The van der Waals surface area contributed by atoms with Crippen molar-refractivity contribution >= 4 is 39.0 Å². The maximum Gasteiger partial charge on any atom is 0.279 e. The van der Waals surface area contributed by atoms with Gasteiger partial charge in [-0.1, -0.05) is 46.3 Å². The summed E-state index contributed by atoms with van der Waals surface area (Å²) in [5.74, 6) is -0.253. The van der Waals surface area contributed by atoms with Gasteiger partial charge in [-0.05, 0) is 49.9 Å². The summed E-state index contributed by atoms with van der Waals surface area (Å²) < 4.78 is 2.87. The van der Waals surface area contributed by atoms with Crippen molar-refractivity contribution in [2.24, 2.45) is 4.99 Å². The summed E-state index contributed by atoms with van der Waals surface area (Å²) in [6, 6.07) is 16.4. The van der Waals surface area contributed by atoms with Gasteiger partial charge in [0, 0.05) is 26.2 Å². The van der Waals surface area contributed by atoms with E-state index in [4.69, 9.17) is 0 Å². The number of nitrogens with zero attached hydrogens (tertiary/aromatic N) is 2. The van der Waals surface area contributed by atoms with E-state index in [1.807, 2.05) is 47.0 Å². The highest BCUT2D eigenvalue weighted by atomic mass is 79.9. The molecule has 4 rings (SSSR count). The summed E-state index contributed by atoms with van der Waals surface area (Å²) in [4.78, 5) is 31.7. The van der Waals surface area contributed by atoms with Crippen molar-refractivity contribution in [3.05, 3.63) is 85.6 Å². The smallest absolute Gasteiger partial charge is 0.279 e. The Balaban J connectivity index is 1.72. The fourth-order valence-corrected chi connectivity index (χ4v) is 4.86. The van der Waals surface area contributed by atoms with Crippen molar-refractivity contribution in [2.45, 2.75) is 32.2 Å². The van der Waals surface area contributed by atoms with Crippen LogP contribution in [0.25, 0.3) is 0 Å². The first-order chi connectivity index (χ1) is 13.6. The first kappa shape index (κ1) is 19.0. The molecule has 0 unspecified atom stereocenters. The molecule has 28 heavy (non-hydrogen) atoms. The monoisotopic (exact) mass is 454 g/mol. The van der Waals surface area contributed by atoms with Gasteiger partial charge in [-0.15, -0.1) is 11.3 Å². The van der Waals surface area contributed by atoms with Crippen molar-refractivity contribution in [3.63, 3.8) is 0 Å². The van der Waals surface area contributed by atoms with Crippen LogP contribution < -0.4 is 4.80 Å². The highest BCUT2D eigenvalue weighted by molar-refractivity contribution is 9.10. The molecular formula is C22H19BrN2O2S. The molecule has 3 aromatic rings. The Morgan fingerprint density at radius 2 is 1.68 bits per heavy atom. The van der Waals surface area contributed by atoms with Crippen LogP contribution in [0, 0.1) is 0 Å². The minimum absolute atomic E-state index is 0.0318. The number of amides is 1. The lowest BCUT2D eigenvalue weighted by atomic mass is 10.0. The highest BCUT2D eigenvalue weighted by Crippen LogP contribution is 2.24. The molecular weight excluding hydrogens is 436 g/mol. The van der Waals surface area contributed by atoms with Crippen molar-refractivity contribution in [3.8, 4) is 0 Å². The predicted molar refractivity (Wildman–Crippen MR) is 114 cm³/mol. The summed E-state index contributed by atoms with van der Waals surface area (Å²) in [5, 5.41) is 0. The van der Waals surface area contributed by atoms with E-state index in [9.17, 15) is 9.59 Å². The molecule has 0 spiro atoms. The van der Waals surface area contributed by atoms with E-state index in [-0.39, 0.29) is 18.2 Å². The number of fused-ring (bicyclic) bond motifs is 1. The van der Waals surface area contributed by atoms with Gasteiger partial charge >= 0.3 is 0 Å². The number of aryl methyl sites for hydroxylation is 1. The molecule has 6 heteroatoms. The molecule has 4 nitrogen and oxygen atoms in total. The Kier molecular flexibility index (Phi) is 5.69. The van der Waals surface area contributed by atoms with Gasteiger partial charge < -0.3 is 4.57 Å². The van der Waals surface area contributed by atoms with Gasteiger partial charge in [0.2, 0.25) is 0 Å². The molecule has 1 heterocycles. The van der Waals surface area contributed by atoms with Crippen LogP contribution in [-0.2, 0) is 19.4 Å². The maximum absolute atomic E-state index is 12.8. The molecule has 0 radical (unpaired) electrons. The van der Waals surface area contributed by atoms with Crippen LogP contribution in [0.4, 0.5) is 0 Å². The highest BCUT2D eigenvalue weighted by Gasteiger charge is 2.20. The summed E-state index contributed by atoms with van der Waals surface area (Å²) in [7, 11) is 0. The largest absolute Gasteiger partial charge is 0.313 e. The van der Waals surface area contributed by atoms with Crippen molar-refractivity contribution in [1.29, 1.82) is 0 Å². The molecule has 1 aromatic heterocycles. The zero-order chi connectivity index (χ0) is 19.5. The van der Waals surface area contributed by atoms with E-state index in [1.165, 1.54) is 16.2 Å². The number of carbonyl (C=O) groups excluding carboxylic acids is 2. The lowest BCUT2D eigenvalue weighted by Crippen LogP contribution is -2.24. The fourth-order valence-electron chi connectivity index (χ4n) is 3.39. The van der Waals surface area contributed by atoms with Gasteiger partial charge in [-0.2, -0.15) is 4.99 Å². The Hall–Kier alpha value is -2.31. The summed E-state index contributed by atoms with van der Waals surface area (Å²) in [6.07, 6.45) is 4.15. The summed E-state index contributed by atoms with van der Waals surface area (Å²) >= 11 is 4.92. The van der Waals surface area contributed by atoms with Crippen LogP contribution in [0.15, 0.2) is 64.1 Å². The van der Waals surface area contributed by atoms with E-state index < -0.39 is 0 Å². The normalized spacial score (nSPS) is 14.0. The topological polar surface area (TPSA) is 51.4 Å².